The van der Waals surface area contributed by atoms with Crippen LogP contribution in [-0.4, -0.2) is 30.5 Å². The zero-order valence-corrected chi connectivity index (χ0v) is 13.3. The van der Waals surface area contributed by atoms with Gasteiger partial charge < -0.3 is 9.88 Å². The summed E-state index contributed by atoms with van der Waals surface area (Å²) in [5, 5.41) is 15.1. The Morgan fingerprint density at radius 2 is 2.00 bits per heavy atom. The molecule has 0 aliphatic carbocycles. The van der Waals surface area contributed by atoms with E-state index in [4.69, 9.17) is 0 Å². The third kappa shape index (κ3) is 2.98. The van der Waals surface area contributed by atoms with Crippen molar-refractivity contribution >= 4 is 5.91 Å². The minimum atomic E-state index is -0.253. The Morgan fingerprint density at radius 1 is 1.26 bits per heavy atom. The van der Waals surface area contributed by atoms with E-state index in [2.05, 4.69) is 20.6 Å². The number of nitrogens with one attached hydrogen (secondary N) is 1. The number of carbonyl (C=O) groups excluding carboxylic acids is 1. The van der Waals surface area contributed by atoms with Crippen LogP contribution in [0.5, 0.6) is 0 Å². The molecule has 7 nitrogen and oxygen atoms in total. The van der Waals surface area contributed by atoms with Gasteiger partial charge in [-0.2, -0.15) is 5.10 Å². The van der Waals surface area contributed by atoms with Crippen LogP contribution in [0.3, 0.4) is 0 Å². The van der Waals surface area contributed by atoms with Crippen molar-refractivity contribution in [2.75, 3.05) is 0 Å². The Bertz CT molecular complexity index is 820. The van der Waals surface area contributed by atoms with Crippen LogP contribution in [0.2, 0.25) is 0 Å². The number of hydrogen-bond donors (Lipinski definition) is 1. The maximum absolute atomic E-state index is 12.5. The van der Waals surface area contributed by atoms with Crippen LogP contribution in [0, 0.1) is 6.92 Å². The van der Waals surface area contributed by atoms with Crippen LogP contribution in [0.1, 0.15) is 34.8 Å². The molecule has 1 atom stereocenters. The molecule has 0 aliphatic rings. The summed E-state index contributed by atoms with van der Waals surface area (Å²) in [4.78, 5) is 12.5. The van der Waals surface area contributed by atoms with Crippen molar-refractivity contribution in [3.63, 3.8) is 0 Å². The highest BCUT2D eigenvalue weighted by atomic mass is 16.2. The Labute approximate surface area is 134 Å². The van der Waals surface area contributed by atoms with Crippen molar-refractivity contribution < 1.29 is 4.79 Å². The van der Waals surface area contributed by atoms with Crippen LogP contribution in [0.4, 0.5) is 0 Å². The highest BCUT2D eigenvalue weighted by molar-refractivity contribution is 5.93. The molecule has 1 unspecified atom stereocenters. The van der Waals surface area contributed by atoms with Gasteiger partial charge in [0.25, 0.3) is 5.91 Å². The van der Waals surface area contributed by atoms with E-state index >= 15 is 0 Å². The smallest absolute Gasteiger partial charge is 0.272 e. The monoisotopic (exact) mass is 310 g/mol. The molecule has 0 aliphatic heterocycles. The normalized spacial score (nSPS) is 12.1. The lowest BCUT2D eigenvalue weighted by molar-refractivity contribution is 0.0931. The zero-order chi connectivity index (χ0) is 16.4. The summed E-state index contributed by atoms with van der Waals surface area (Å²) >= 11 is 0. The molecule has 0 bridgehead atoms. The predicted octanol–water partition coefficient (Wildman–Crippen LogP) is 1.80. The molecule has 1 amide bonds. The summed E-state index contributed by atoms with van der Waals surface area (Å²) in [5.41, 5.74) is 2.13. The number of para-hydroxylation sites is 1. The maximum Gasteiger partial charge on any atom is 0.272 e. The van der Waals surface area contributed by atoms with E-state index < -0.39 is 0 Å². The van der Waals surface area contributed by atoms with Crippen molar-refractivity contribution in [2.45, 2.75) is 19.9 Å². The zero-order valence-electron chi connectivity index (χ0n) is 13.3. The average molecular weight is 310 g/mol. The van der Waals surface area contributed by atoms with Crippen LogP contribution in [0.15, 0.2) is 42.9 Å². The van der Waals surface area contributed by atoms with Gasteiger partial charge >= 0.3 is 0 Å². The van der Waals surface area contributed by atoms with E-state index in [-0.39, 0.29) is 11.9 Å². The lowest BCUT2D eigenvalue weighted by Gasteiger charge is -2.12. The largest absolute Gasteiger partial charge is 0.341 e. The summed E-state index contributed by atoms with van der Waals surface area (Å²) < 4.78 is 3.48. The van der Waals surface area contributed by atoms with Crippen molar-refractivity contribution in [3.05, 3.63) is 59.9 Å². The van der Waals surface area contributed by atoms with Gasteiger partial charge in [-0.3, -0.25) is 4.79 Å². The van der Waals surface area contributed by atoms with Gasteiger partial charge in [-0.05, 0) is 26.0 Å². The molecule has 0 radical (unpaired) electrons. The number of aryl methyl sites for hydroxylation is 2. The standard InChI is InChI=1S/C16H18N6O/c1-11-9-22(13-7-5-4-6-8-13)20-14(11)16(23)18-12(2)15-19-17-10-21(15)3/h4-10,12H,1-3H3,(H,18,23). The Morgan fingerprint density at radius 3 is 2.65 bits per heavy atom. The first-order valence-corrected chi connectivity index (χ1v) is 7.32. The molecule has 2 heterocycles. The van der Waals surface area contributed by atoms with Crippen molar-refractivity contribution in [1.82, 2.24) is 29.9 Å². The number of aromatic nitrogens is 5. The van der Waals surface area contributed by atoms with E-state index in [9.17, 15) is 4.79 Å². The number of rotatable bonds is 4. The topological polar surface area (TPSA) is 77.6 Å². The summed E-state index contributed by atoms with van der Waals surface area (Å²) in [5.74, 6) is 0.464. The van der Waals surface area contributed by atoms with Crippen molar-refractivity contribution in [3.8, 4) is 5.69 Å². The fourth-order valence-corrected chi connectivity index (χ4v) is 2.41. The number of benzene rings is 1. The first kappa shape index (κ1) is 15.0. The van der Waals surface area contributed by atoms with E-state index in [1.54, 1.807) is 15.6 Å². The third-order valence-corrected chi connectivity index (χ3v) is 3.61. The Balaban J connectivity index is 1.80. The molecule has 3 rings (SSSR count). The van der Waals surface area contributed by atoms with Gasteiger partial charge in [0, 0.05) is 18.8 Å². The Hall–Kier alpha value is -2.96. The first-order valence-electron chi connectivity index (χ1n) is 7.32. The molecule has 3 aromatic rings. The second kappa shape index (κ2) is 6.04. The Kier molecular flexibility index (Phi) is 3.92. The molecule has 7 heteroatoms. The number of nitrogens with zero attached hydrogens (tertiary/aromatic N) is 5. The van der Waals surface area contributed by atoms with Gasteiger partial charge in [0.05, 0.1) is 11.7 Å². The molecule has 1 N–H and O–H groups in total. The van der Waals surface area contributed by atoms with Crippen molar-refractivity contribution in [1.29, 1.82) is 0 Å². The van der Waals surface area contributed by atoms with Gasteiger partial charge in [-0.1, -0.05) is 18.2 Å². The van der Waals surface area contributed by atoms with Gasteiger partial charge in [0.1, 0.15) is 6.33 Å². The number of carbonyl (C=O) groups is 1. The second-order valence-corrected chi connectivity index (χ2v) is 5.44. The number of hydrogen-bond acceptors (Lipinski definition) is 4. The predicted molar refractivity (Wildman–Crippen MR) is 85.2 cm³/mol. The lowest BCUT2D eigenvalue weighted by atomic mass is 10.2. The van der Waals surface area contributed by atoms with Gasteiger partial charge in [0.2, 0.25) is 0 Å². The molecule has 118 valence electrons. The van der Waals surface area contributed by atoms with Gasteiger partial charge in [-0.15, -0.1) is 10.2 Å². The van der Waals surface area contributed by atoms with E-state index in [0.717, 1.165) is 11.3 Å². The molecule has 23 heavy (non-hydrogen) atoms. The maximum atomic E-state index is 12.5. The van der Waals surface area contributed by atoms with Crippen LogP contribution in [0.25, 0.3) is 5.69 Å². The van der Waals surface area contributed by atoms with E-state index in [0.29, 0.717) is 11.5 Å². The molecule has 0 fully saturated rings. The van der Waals surface area contributed by atoms with Crippen LogP contribution < -0.4 is 5.32 Å². The molecule has 0 spiro atoms. The number of amides is 1. The average Bonchev–Trinajstić information content (AvgIpc) is 3.14. The molecular weight excluding hydrogens is 292 g/mol. The SMILES string of the molecule is Cc1cn(-c2ccccc2)nc1C(=O)NC(C)c1nncn1C. The third-order valence-electron chi connectivity index (χ3n) is 3.61. The fraction of sp³-hybridized carbons (Fsp3) is 0.250. The molecule has 1 aromatic carbocycles. The quantitative estimate of drug-likeness (QED) is 0.797. The van der Waals surface area contributed by atoms with Crippen molar-refractivity contribution in [2.24, 2.45) is 7.05 Å². The molecular formula is C16H18N6O. The van der Waals surface area contributed by atoms with E-state index in [1.165, 1.54) is 0 Å². The van der Waals surface area contributed by atoms with Crippen LogP contribution in [-0.2, 0) is 7.05 Å². The lowest BCUT2D eigenvalue weighted by Crippen LogP contribution is -2.29. The highest BCUT2D eigenvalue weighted by Crippen LogP contribution is 2.13. The highest BCUT2D eigenvalue weighted by Gasteiger charge is 2.19. The minimum absolute atomic E-state index is 0.229. The van der Waals surface area contributed by atoms with Crippen LogP contribution >= 0.6 is 0 Å². The summed E-state index contributed by atoms with van der Waals surface area (Å²) in [6, 6.07) is 9.43. The van der Waals surface area contributed by atoms with Gasteiger partial charge in [-0.25, -0.2) is 4.68 Å². The van der Waals surface area contributed by atoms with E-state index in [1.807, 2.05) is 57.4 Å². The first-order chi connectivity index (χ1) is 11.1. The fourth-order valence-electron chi connectivity index (χ4n) is 2.41. The minimum Gasteiger partial charge on any atom is -0.341 e. The second-order valence-electron chi connectivity index (χ2n) is 5.44. The van der Waals surface area contributed by atoms with Gasteiger partial charge in [0.15, 0.2) is 11.5 Å². The summed E-state index contributed by atoms with van der Waals surface area (Å²) in [7, 11) is 1.84. The molecule has 0 saturated carbocycles. The summed E-state index contributed by atoms with van der Waals surface area (Å²) in [6.45, 7) is 3.74. The molecule has 2 aromatic heterocycles. The summed E-state index contributed by atoms with van der Waals surface area (Å²) in [6.07, 6.45) is 3.45. The molecule has 0 saturated heterocycles.